The molecule has 2 N–H and O–H groups in total. The Kier molecular flexibility index (Phi) is 4.90. The van der Waals surface area contributed by atoms with Gasteiger partial charge in [0, 0.05) is 44.2 Å². The smallest absolute Gasteiger partial charge is 0.225 e. The van der Waals surface area contributed by atoms with Gasteiger partial charge in [-0.3, -0.25) is 0 Å². The Labute approximate surface area is 108 Å². The number of aliphatic hydroxyl groups is 1. The molecule has 1 atom stereocenters. The van der Waals surface area contributed by atoms with E-state index in [1.807, 2.05) is 12.4 Å². The monoisotopic (exact) mass is 250 g/mol. The minimum atomic E-state index is 0.259. The number of nitrogens with one attached hydrogen (secondary N) is 1. The van der Waals surface area contributed by atoms with Gasteiger partial charge in [0.1, 0.15) is 0 Å². The molecule has 0 amide bonds. The third kappa shape index (κ3) is 3.40. The van der Waals surface area contributed by atoms with E-state index in [2.05, 4.69) is 27.1 Å². The van der Waals surface area contributed by atoms with Crippen molar-refractivity contribution in [2.45, 2.75) is 26.3 Å². The maximum atomic E-state index is 9.22. The van der Waals surface area contributed by atoms with E-state index in [1.54, 1.807) is 0 Å². The van der Waals surface area contributed by atoms with Crippen molar-refractivity contribution in [2.75, 3.05) is 31.1 Å². The number of piperidine rings is 1. The zero-order valence-corrected chi connectivity index (χ0v) is 11.0. The average molecular weight is 250 g/mol. The molecule has 1 aromatic heterocycles. The molecule has 1 aromatic rings. The van der Waals surface area contributed by atoms with Crippen molar-refractivity contribution >= 4 is 5.95 Å². The average Bonchev–Trinajstić information content (AvgIpc) is 2.46. The summed E-state index contributed by atoms with van der Waals surface area (Å²) in [6.07, 6.45) is 5.97. The van der Waals surface area contributed by atoms with Gasteiger partial charge in [-0.1, -0.05) is 6.92 Å². The minimum Gasteiger partial charge on any atom is -0.396 e. The van der Waals surface area contributed by atoms with Gasteiger partial charge in [-0.15, -0.1) is 0 Å². The number of nitrogens with zero attached hydrogens (tertiary/aromatic N) is 3. The van der Waals surface area contributed by atoms with E-state index < -0.39 is 0 Å². The lowest BCUT2D eigenvalue weighted by molar-refractivity contribution is 0.208. The Morgan fingerprint density at radius 1 is 1.44 bits per heavy atom. The van der Waals surface area contributed by atoms with E-state index in [0.29, 0.717) is 5.92 Å². The van der Waals surface area contributed by atoms with Crippen LogP contribution >= 0.6 is 0 Å². The van der Waals surface area contributed by atoms with E-state index in [0.717, 1.165) is 50.5 Å². The molecule has 1 saturated heterocycles. The lowest BCUT2D eigenvalue weighted by Gasteiger charge is -2.31. The van der Waals surface area contributed by atoms with Crippen LogP contribution in [-0.2, 0) is 6.54 Å². The molecule has 1 fully saturated rings. The summed E-state index contributed by atoms with van der Waals surface area (Å²) in [5.74, 6) is 1.15. The Morgan fingerprint density at radius 2 is 2.22 bits per heavy atom. The summed E-state index contributed by atoms with van der Waals surface area (Å²) in [6, 6.07) is 0. The number of anilines is 1. The Morgan fingerprint density at radius 3 is 2.89 bits per heavy atom. The second kappa shape index (κ2) is 6.66. The quantitative estimate of drug-likeness (QED) is 0.809. The molecule has 5 nitrogen and oxygen atoms in total. The van der Waals surface area contributed by atoms with E-state index in [4.69, 9.17) is 0 Å². The first-order chi connectivity index (χ1) is 8.83. The number of aliphatic hydroxyl groups excluding tert-OH is 1. The zero-order valence-electron chi connectivity index (χ0n) is 11.0. The van der Waals surface area contributed by atoms with Crippen molar-refractivity contribution in [1.29, 1.82) is 0 Å². The second-order valence-electron chi connectivity index (χ2n) is 4.81. The van der Waals surface area contributed by atoms with Crippen LogP contribution in [0.1, 0.15) is 25.3 Å². The predicted octanol–water partition coefficient (Wildman–Crippen LogP) is 0.795. The van der Waals surface area contributed by atoms with E-state index in [9.17, 15) is 5.11 Å². The van der Waals surface area contributed by atoms with Gasteiger partial charge in [-0.2, -0.15) is 0 Å². The molecule has 2 rings (SSSR count). The summed E-state index contributed by atoms with van der Waals surface area (Å²) in [5.41, 5.74) is 1.11. The molecule has 0 aliphatic carbocycles. The van der Waals surface area contributed by atoms with E-state index in [-0.39, 0.29) is 6.61 Å². The molecular weight excluding hydrogens is 228 g/mol. The highest BCUT2D eigenvalue weighted by Gasteiger charge is 2.20. The molecule has 0 bridgehead atoms. The molecule has 1 unspecified atom stereocenters. The van der Waals surface area contributed by atoms with Crippen molar-refractivity contribution < 1.29 is 5.11 Å². The van der Waals surface area contributed by atoms with Crippen LogP contribution in [0.5, 0.6) is 0 Å². The number of hydrogen-bond acceptors (Lipinski definition) is 5. The van der Waals surface area contributed by atoms with Gasteiger partial charge in [-0.25, -0.2) is 9.97 Å². The maximum Gasteiger partial charge on any atom is 0.225 e. The summed E-state index contributed by atoms with van der Waals surface area (Å²) < 4.78 is 0. The first-order valence-corrected chi connectivity index (χ1v) is 6.71. The number of hydrogen-bond donors (Lipinski definition) is 2. The summed E-state index contributed by atoms with van der Waals surface area (Å²) in [7, 11) is 0. The summed E-state index contributed by atoms with van der Waals surface area (Å²) >= 11 is 0. The first kappa shape index (κ1) is 13.2. The van der Waals surface area contributed by atoms with Crippen molar-refractivity contribution in [3.63, 3.8) is 0 Å². The fourth-order valence-electron chi connectivity index (χ4n) is 2.27. The molecule has 0 radical (unpaired) electrons. The summed E-state index contributed by atoms with van der Waals surface area (Å²) in [5, 5.41) is 12.5. The van der Waals surface area contributed by atoms with Crippen LogP contribution < -0.4 is 10.2 Å². The molecular formula is C13H22N4O. The molecule has 5 heteroatoms. The highest BCUT2D eigenvalue weighted by atomic mass is 16.3. The molecule has 100 valence electrons. The van der Waals surface area contributed by atoms with Crippen molar-refractivity contribution in [1.82, 2.24) is 15.3 Å². The molecule has 18 heavy (non-hydrogen) atoms. The van der Waals surface area contributed by atoms with Gasteiger partial charge in [-0.05, 0) is 25.3 Å². The fraction of sp³-hybridized carbons (Fsp3) is 0.692. The Balaban J connectivity index is 1.96. The summed E-state index contributed by atoms with van der Waals surface area (Å²) in [6.45, 7) is 5.96. The molecule has 2 heterocycles. The number of rotatable bonds is 5. The predicted molar refractivity (Wildman–Crippen MR) is 71.4 cm³/mol. The third-order valence-corrected chi connectivity index (χ3v) is 3.33. The van der Waals surface area contributed by atoms with Gasteiger partial charge in [0.25, 0.3) is 0 Å². The molecule has 1 aliphatic rings. The topological polar surface area (TPSA) is 61.3 Å². The SMILES string of the molecule is CCNCc1cnc(N2CCCC(CO)C2)nc1. The molecule has 0 saturated carbocycles. The second-order valence-corrected chi connectivity index (χ2v) is 4.81. The Hall–Kier alpha value is -1.20. The molecule has 0 spiro atoms. The van der Waals surface area contributed by atoms with Crippen LogP contribution in [-0.4, -0.2) is 41.3 Å². The van der Waals surface area contributed by atoms with Crippen molar-refractivity contribution in [3.05, 3.63) is 18.0 Å². The largest absolute Gasteiger partial charge is 0.396 e. The standard InChI is InChI=1S/C13H22N4O/c1-2-14-6-12-7-15-13(16-8-12)17-5-3-4-11(9-17)10-18/h7-8,11,14,18H,2-6,9-10H2,1H3. The van der Waals surface area contributed by atoms with Gasteiger partial charge < -0.3 is 15.3 Å². The number of aromatic nitrogens is 2. The van der Waals surface area contributed by atoms with Crippen LogP contribution in [0.3, 0.4) is 0 Å². The van der Waals surface area contributed by atoms with E-state index in [1.165, 1.54) is 0 Å². The van der Waals surface area contributed by atoms with Crippen molar-refractivity contribution in [3.8, 4) is 0 Å². The van der Waals surface area contributed by atoms with Crippen LogP contribution in [0.15, 0.2) is 12.4 Å². The molecule has 1 aliphatic heterocycles. The van der Waals surface area contributed by atoms with Gasteiger partial charge in [0.15, 0.2) is 0 Å². The normalized spacial score (nSPS) is 20.1. The van der Waals surface area contributed by atoms with Crippen LogP contribution in [0, 0.1) is 5.92 Å². The lowest BCUT2D eigenvalue weighted by atomic mass is 9.99. The van der Waals surface area contributed by atoms with Crippen molar-refractivity contribution in [2.24, 2.45) is 5.92 Å². The van der Waals surface area contributed by atoms with Gasteiger partial charge in [0.05, 0.1) is 0 Å². The van der Waals surface area contributed by atoms with Gasteiger partial charge in [0.2, 0.25) is 5.95 Å². The highest BCUT2D eigenvalue weighted by molar-refractivity contribution is 5.30. The zero-order chi connectivity index (χ0) is 12.8. The van der Waals surface area contributed by atoms with Crippen LogP contribution in [0.25, 0.3) is 0 Å². The van der Waals surface area contributed by atoms with Crippen LogP contribution in [0.2, 0.25) is 0 Å². The maximum absolute atomic E-state index is 9.22. The lowest BCUT2D eigenvalue weighted by Crippen LogP contribution is -2.37. The highest BCUT2D eigenvalue weighted by Crippen LogP contribution is 2.19. The summed E-state index contributed by atoms with van der Waals surface area (Å²) in [4.78, 5) is 11.0. The minimum absolute atomic E-state index is 0.259. The van der Waals surface area contributed by atoms with Gasteiger partial charge >= 0.3 is 0 Å². The third-order valence-electron chi connectivity index (χ3n) is 3.33. The fourth-order valence-corrected chi connectivity index (χ4v) is 2.27. The molecule has 0 aromatic carbocycles. The first-order valence-electron chi connectivity index (χ1n) is 6.71. The van der Waals surface area contributed by atoms with E-state index >= 15 is 0 Å². The Bertz CT molecular complexity index is 355. The van der Waals surface area contributed by atoms with Crippen LogP contribution in [0.4, 0.5) is 5.95 Å².